The maximum atomic E-state index is 10.6. The maximum absolute atomic E-state index is 10.6. The Labute approximate surface area is 129 Å². The molecule has 0 heterocycles. The van der Waals surface area contributed by atoms with Crippen molar-refractivity contribution in [2.45, 2.75) is 39.2 Å². The molecular formula is C14H21BrO4S. The molecule has 0 amide bonds. The van der Waals surface area contributed by atoms with Crippen molar-refractivity contribution >= 4 is 26.0 Å². The lowest BCUT2D eigenvalue weighted by atomic mass is 9.78. The number of benzene rings is 1. The summed E-state index contributed by atoms with van der Waals surface area (Å²) in [5, 5.41) is 10.4. The summed E-state index contributed by atoms with van der Waals surface area (Å²) in [6, 6.07) is 7.50. The Kier molecular flexibility index (Phi) is 6.19. The van der Waals surface area contributed by atoms with Crippen LogP contribution in [-0.2, 0) is 10.1 Å². The molecule has 0 fully saturated rings. The zero-order valence-corrected chi connectivity index (χ0v) is 14.1. The van der Waals surface area contributed by atoms with E-state index in [0.717, 1.165) is 10.0 Å². The number of aliphatic hydroxyl groups is 1. The molecule has 0 aliphatic carbocycles. The van der Waals surface area contributed by atoms with Gasteiger partial charge >= 0.3 is 0 Å². The van der Waals surface area contributed by atoms with Crippen molar-refractivity contribution in [1.29, 1.82) is 0 Å². The molecule has 0 bridgehead atoms. The number of aliphatic hydroxyl groups excluding tert-OH is 1. The van der Waals surface area contributed by atoms with E-state index in [9.17, 15) is 13.5 Å². The summed E-state index contributed by atoms with van der Waals surface area (Å²) in [6.45, 7) is 3.90. The Hall–Kier alpha value is -0.430. The molecule has 0 saturated heterocycles. The number of halogens is 1. The summed E-state index contributed by atoms with van der Waals surface area (Å²) in [5.74, 6) is -0.225. The Morgan fingerprint density at radius 1 is 1.20 bits per heavy atom. The van der Waals surface area contributed by atoms with Crippen molar-refractivity contribution in [2.24, 2.45) is 5.41 Å². The molecule has 0 radical (unpaired) electrons. The summed E-state index contributed by atoms with van der Waals surface area (Å²) in [7, 11) is -3.89. The normalized spacial score (nSPS) is 14.2. The van der Waals surface area contributed by atoms with Crippen LogP contribution in [0.25, 0.3) is 0 Å². The molecule has 1 atom stereocenters. The van der Waals surface area contributed by atoms with Gasteiger partial charge in [-0.2, -0.15) is 8.42 Å². The van der Waals surface area contributed by atoms with E-state index in [4.69, 9.17) is 4.55 Å². The molecule has 20 heavy (non-hydrogen) atoms. The third-order valence-corrected chi connectivity index (χ3v) is 4.73. The lowest BCUT2D eigenvalue weighted by molar-refractivity contribution is 0.0414. The first kappa shape index (κ1) is 17.6. The van der Waals surface area contributed by atoms with E-state index in [0.29, 0.717) is 19.3 Å². The molecular weight excluding hydrogens is 344 g/mol. The first-order chi connectivity index (χ1) is 9.12. The molecule has 4 nitrogen and oxygen atoms in total. The second-order valence-electron chi connectivity index (χ2n) is 5.69. The third-order valence-electron chi connectivity index (χ3n) is 3.40. The number of hydrogen-bond donors (Lipinski definition) is 2. The Morgan fingerprint density at radius 2 is 1.75 bits per heavy atom. The molecule has 0 spiro atoms. The van der Waals surface area contributed by atoms with Gasteiger partial charge < -0.3 is 5.11 Å². The summed E-state index contributed by atoms with van der Waals surface area (Å²) >= 11 is 3.35. The van der Waals surface area contributed by atoms with Gasteiger partial charge in [-0.3, -0.25) is 4.55 Å². The highest BCUT2D eigenvalue weighted by Gasteiger charge is 2.28. The van der Waals surface area contributed by atoms with Crippen LogP contribution in [-0.4, -0.2) is 23.8 Å². The fourth-order valence-corrected chi connectivity index (χ4v) is 2.93. The zero-order chi connectivity index (χ0) is 15.4. The molecule has 0 aromatic heterocycles. The van der Waals surface area contributed by atoms with Crippen molar-refractivity contribution in [2.75, 3.05) is 5.75 Å². The van der Waals surface area contributed by atoms with Crippen LogP contribution in [0.3, 0.4) is 0 Å². The van der Waals surface area contributed by atoms with Gasteiger partial charge in [-0.15, -0.1) is 0 Å². The molecule has 2 N–H and O–H groups in total. The van der Waals surface area contributed by atoms with Crippen LogP contribution in [0.4, 0.5) is 0 Å². The van der Waals surface area contributed by atoms with E-state index < -0.39 is 16.2 Å². The minimum absolute atomic E-state index is 0.225. The van der Waals surface area contributed by atoms with E-state index in [1.165, 1.54) is 0 Å². The van der Waals surface area contributed by atoms with E-state index in [1.54, 1.807) is 0 Å². The molecule has 1 aromatic rings. The molecule has 0 saturated carbocycles. The minimum Gasteiger partial charge on any atom is -0.388 e. The summed E-state index contributed by atoms with van der Waals surface area (Å²) in [4.78, 5) is 0. The number of unbranched alkanes of at least 4 members (excludes halogenated alkanes) is 1. The average Bonchev–Trinajstić information content (AvgIpc) is 2.34. The van der Waals surface area contributed by atoms with E-state index in [1.807, 2.05) is 38.1 Å². The molecule has 114 valence electrons. The first-order valence-corrected chi connectivity index (χ1v) is 8.91. The molecule has 1 unspecified atom stereocenters. The number of rotatable bonds is 7. The van der Waals surface area contributed by atoms with Crippen LogP contribution in [0, 0.1) is 5.41 Å². The SMILES string of the molecule is CC(C)(CCCCS(=O)(=O)O)C(O)c1ccc(Br)cc1. The van der Waals surface area contributed by atoms with Gasteiger partial charge in [0.2, 0.25) is 0 Å². The molecule has 1 aromatic carbocycles. The van der Waals surface area contributed by atoms with Crippen LogP contribution in [0.2, 0.25) is 0 Å². The quantitative estimate of drug-likeness (QED) is 0.572. The fourth-order valence-electron chi connectivity index (χ4n) is 2.10. The minimum atomic E-state index is -3.89. The first-order valence-electron chi connectivity index (χ1n) is 6.50. The summed E-state index contributed by atoms with van der Waals surface area (Å²) in [5.41, 5.74) is 0.487. The lowest BCUT2D eigenvalue weighted by Gasteiger charge is -2.31. The average molecular weight is 365 g/mol. The molecule has 0 aliphatic rings. The van der Waals surface area contributed by atoms with Crippen molar-refractivity contribution in [1.82, 2.24) is 0 Å². The van der Waals surface area contributed by atoms with Gasteiger partial charge in [0, 0.05) is 4.47 Å². The van der Waals surface area contributed by atoms with Gasteiger partial charge in [-0.25, -0.2) is 0 Å². The Bertz CT molecular complexity index is 523. The van der Waals surface area contributed by atoms with Crippen LogP contribution in [0.15, 0.2) is 28.7 Å². The van der Waals surface area contributed by atoms with E-state index in [2.05, 4.69) is 15.9 Å². The largest absolute Gasteiger partial charge is 0.388 e. The van der Waals surface area contributed by atoms with Crippen molar-refractivity contribution < 1.29 is 18.1 Å². The van der Waals surface area contributed by atoms with Crippen molar-refractivity contribution in [3.8, 4) is 0 Å². The highest BCUT2D eigenvalue weighted by Crippen LogP contribution is 2.38. The molecule has 6 heteroatoms. The third kappa shape index (κ3) is 5.91. The van der Waals surface area contributed by atoms with Gasteiger partial charge in [0.05, 0.1) is 11.9 Å². The predicted molar refractivity (Wildman–Crippen MR) is 83.1 cm³/mol. The van der Waals surface area contributed by atoms with Crippen LogP contribution in [0.1, 0.15) is 44.8 Å². The molecule has 0 aliphatic heterocycles. The van der Waals surface area contributed by atoms with Crippen molar-refractivity contribution in [3.63, 3.8) is 0 Å². The molecule has 1 rings (SSSR count). The van der Waals surface area contributed by atoms with Crippen molar-refractivity contribution in [3.05, 3.63) is 34.3 Å². The fraction of sp³-hybridized carbons (Fsp3) is 0.571. The van der Waals surface area contributed by atoms with Gasteiger partial charge in [-0.1, -0.05) is 48.3 Å². The van der Waals surface area contributed by atoms with E-state index >= 15 is 0 Å². The Morgan fingerprint density at radius 3 is 2.25 bits per heavy atom. The van der Waals surface area contributed by atoms with Gasteiger partial charge in [0.25, 0.3) is 10.1 Å². The smallest absolute Gasteiger partial charge is 0.264 e. The summed E-state index contributed by atoms with van der Waals surface area (Å²) in [6.07, 6.45) is 1.11. The lowest BCUT2D eigenvalue weighted by Crippen LogP contribution is -2.22. The highest BCUT2D eigenvalue weighted by atomic mass is 79.9. The van der Waals surface area contributed by atoms with Crippen LogP contribution in [0.5, 0.6) is 0 Å². The monoisotopic (exact) mass is 364 g/mol. The van der Waals surface area contributed by atoms with Gasteiger partial charge in [0.15, 0.2) is 0 Å². The zero-order valence-electron chi connectivity index (χ0n) is 11.7. The topological polar surface area (TPSA) is 74.6 Å². The number of hydrogen-bond acceptors (Lipinski definition) is 3. The van der Waals surface area contributed by atoms with Crippen LogP contribution < -0.4 is 0 Å². The van der Waals surface area contributed by atoms with E-state index in [-0.39, 0.29) is 11.2 Å². The second kappa shape index (κ2) is 7.02. The standard InChI is InChI=1S/C14H21BrO4S/c1-14(2,9-3-4-10-20(17,18)19)13(16)11-5-7-12(15)8-6-11/h5-8,13,16H,3-4,9-10H2,1-2H3,(H,17,18,19). The Balaban J connectivity index is 2.56. The van der Waals surface area contributed by atoms with Gasteiger partial charge in [0.1, 0.15) is 0 Å². The van der Waals surface area contributed by atoms with Gasteiger partial charge in [-0.05, 0) is 36.0 Å². The maximum Gasteiger partial charge on any atom is 0.264 e. The second-order valence-corrected chi connectivity index (χ2v) is 8.17. The highest BCUT2D eigenvalue weighted by molar-refractivity contribution is 9.10. The summed E-state index contributed by atoms with van der Waals surface area (Å²) < 4.78 is 30.9. The van der Waals surface area contributed by atoms with Crippen LogP contribution >= 0.6 is 15.9 Å². The predicted octanol–water partition coefficient (Wildman–Crippen LogP) is 3.57.